The van der Waals surface area contributed by atoms with Gasteiger partial charge in [0.05, 0.1) is 11.8 Å². The average molecular weight is 368 g/mol. The topological polar surface area (TPSA) is 117 Å². The summed E-state index contributed by atoms with van der Waals surface area (Å²) in [6.07, 6.45) is -0.0639. The van der Waals surface area contributed by atoms with Gasteiger partial charge in [-0.1, -0.05) is 30.3 Å². The normalized spacial score (nSPS) is 12.1. The number of aromatic nitrogens is 3. The number of nitrogens with one attached hydrogen (secondary N) is 2. The number of carbonyl (C=O) groups is 2. The van der Waals surface area contributed by atoms with E-state index in [-0.39, 0.29) is 12.0 Å². The second-order valence-electron chi connectivity index (χ2n) is 6.43. The molecular formula is C19H20N4O4. The predicted molar refractivity (Wildman–Crippen MR) is 99.5 cm³/mol. The van der Waals surface area contributed by atoms with Crippen molar-refractivity contribution in [2.45, 2.75) is 26.3 Å². The Labute approximate surface area is 154 Å². The summed E-state index contributed by atoms with van der Waals surface area (Å²) in [6, 6.07) is 7.35. The van der Waals surface area contributed by atoms with Crippen molar-refractivity contribution >= 4 is 22.9 Å². The van der Waals surface area contributed by atoms with Crippen molar-refractivity contribution < 1.29 is 14.7 Å². The number of hydrogen-bond acceptors (Lipinski definition) is 4. The average Bonchev–Trinajstić information content (AvgIpc) is 2.90. The number of benzene rings is 1. The van der Waals surface area contributed by atoms with Crippen molar-refractivity contribution in [3.8, 4) is 0 Å². The van der Waals surface area contributed by atoms with Gasteiger partial charge in [-0.2, -0.15) is 0 Å². The summed E-state index contributed by atoms with van der Waals surface area (Å²) in [5.41, 5.74) is 2.64. The highest BCUT2D eigenvalue weighted by Gasteiger charge is 2.23. The summed E-state index contributed by atoms with van der Waals surface area (Å²) in [5, 5.41) is 15.1. The minimum absolute atomic E-state index is 0.0639. The summed E-state index contributed by atoms with van der Waals surface area (Å²) in [4.78, 5) is 40.7. The zero-order valence-corrected chi connectivity index (χ0v) is 15.2. The van der Waals surface area contributed by atoms with Gasteiger partial charge in [0, 0.05) is 12.7 Å². The minimum Gasteiger partial charge on any atom is -0.479 e. The Morgan fingerprint density at radius 2 is 1.93 bits per heavy atom. The van der Waals surface area contributed by atoms with Crippen molar-refractivity contribution in [2.24, 2.45) is 7.05 Å². The number of nitrogens with zero attached hydrogens (tertiary/aromatic N) is 2. The van der Waals surface area contributed by atoms with Gasteiger partial charge >= 0.3 is 5.97 Å². The smallest absolute Gasteiger partial charge is 0.330 e. The van der Waals surface area contributed by atoms with E-state index in [2.05, 4.69) is 15.4 Å². The Morgan fingerprint density at radius 1 is 1.26 bits per heavy atom. The number of aromatic amines is 1. The third-order valence-electron chi connectivity index (χ3n) is 4.60. The molecule has 0 unspecified atom stereocenters. The van der Waals surface area contributed by atoms with Gasteiger partial charge in [0.25, 0.3) is 5.56 Å². The zero-order chi connectivity index (χ0) is 19.7. The largest absolute Gasteiger partial charge is 0.479 e. The third-order valence-corrected chi connectivity index (χ3v) is 4.60. The van der Waals surface area contributed by atoms with Crippen molar-refractivity contribution in [1.82, 2.24) is 20.1 Å². The molecule has 140 valence electrons. The second kappa shape index (κ2) is 7.06. The number of carboxylic acid groups (broad SMARTS) is 1. The number of aliphatic carboxylic acids is 1. The van der Waals surface area contributed by atoms with Gasteiger partial charge in [-0.3, -0.25) is 19.4 Å². The zero-order valence-electron chi connectivity index (χ0n) is 15.2. The number of hydrogen-bond donors (Lipinski definition) is 3. The molecule has 1 aromatic carbocycles. The number of amides is 1. The monoisotopic (exact) mass is 368 g/mol. The van der Waals surface area contributed by atoms with Crippen LogP contribution in [-0.2, 0) is 23.1 Å². The van der Waals surface area contributed by atoms with Gasteiger partial charge in [0.15, 0.2) is 11.7 Å². The lowest BCUT2D eigenvalue weighted by atomic mass is 10.0. The maximum absolute atomic E-state index is 12.5. The third kappa shape index (κ3) is 3.46. The molecule has 8 nitrogen and oxygen atoms in total. The Morgan fingerprint density at radius 3 is 2.56 bits per heavy atom. The quantitative estimate of drug-likeness (QED) is 0.629. The fourth-order valence-electron chi connectivity index (χ4n) is 3.21. The molecule has 1 amide bonds. The second-order valence-corrected chi connectivity index (χ2v) is 6.43. The van der Waals surface area contributed by atoms with E-state index >= 15 is 0 Å². The Bertz CT molecular complexity index is 1080. The van der Waals surface area contributed by atoms with Crippen LogP contribution in [0.3, 0.4) is 0 Å². The SMILES string of the molecule is Cc1nc2c(c(C)c1CC(=O)N[C@H](C(=O)O)c1ccccc1)c(=O)[nH]n2C. The molecule has 0 spiro atoms. The molecule has 3 rings (SSSR count). The molecule has 0 aliphatic carbocycles. The Balaban J connectivity index is 1.91. The molecule has 1 atom stereocenters. The lowest BCUT2D eigenvalue weighted by Gasteiger charge is -2.16. The molecule has 0 saturated carbocycles. The van der Waals surface area contributed by atoms with Crippen LogP contribution in [0.15, 0.2) is 35.1 Å². The lowest BCUT2D eigenvalue weighted by Crippen LogP contribution is -2.35. The van der Waals surface area contributed by atoms with Gasteiger partial charge in [0.2, 0.25) is 5.91 Å². The maximum Gasteiger partial charge on any atom is 0.330 e. The van der Waals surface area contributed by atoms with Crippen molar-refractivity contribution in [2.75, 3.05) is 0 Å². The molecule has 3 N–H and O–H groups in total. The first-order chi connectivity index (χ1) is 12.8. The van der Waals surface area contributed by atoms with E-state index < -0.39 is 17.9 Å². The number of H-pyrrole nitrogens is 1. The summed E-state index contributed by atoms with van der Waals surface area (Å²) >= 11 is 0. The molecule has 0 aliphatic rings. The fraction of sp³-hybridized carbons (Fsp3) is 0.263. The highest BCUT2D eigenvalue weighted by atomic mass is 16.4. The minimum atomic E-state index is -1.14. The van der Waals surface area contributed by atoms with E-state index in [1.807, 2.05) is 0 Å². The van der Waals surface area contributed by atoms with E-state index in [0.29, 0.717) is 33.4 Å². The van der Waals surface area contributed by atoms with Gasteiger partial charge in [-0.25, -0.2) is 9.78 Å². The highest BCUT2D eigenvalue weighted by molar-refractivity contribution is 5.88. The Hall–Kier alpha value is -3.42. The fourth-order valence-corrected chi connectivity index (χ4v) is 3.21. The maximum atomic E-state index is 12.5. The number of carboxylic acids is 1. The number of pyridine rings is 1. The highest BCUT2D eigenvalue weighted by Crippen LogP contribution is 2.21. The lowest BCUT2D eigenvalue weighted by molar-refractivity contribution is -0.141. The van der Waals surface area contributed by atoms with Gasteiger partial charge in [-0.05, 0) is 30.5 Å². The van der Waals surface area contributed by atoms with E-state index in [9.17, 15) is 19.5 Å². The van der Waals surface area contributed by atoms with Crippen LogP contribution in [-0.4, -0.2) is 31.7 Å². The van der Waals surface area contributed by atoms with Gasteiger partial charge in [0.1, 0.15) is 0 Å². The van der Waals surface area contributed by atoms with E-state index in [4.69, 9.17) is 0 Å². The molecule has 0 bridgehead atoms. The van der Waals surface area contributed by atoms with Crippen LogP contribution in [0, 0.1) is 13.8 Å². The van der Waals surface area contributed by atoms with Gasteiger partial charge in [-0.15, -0.1) is 0 Å². The molecule has 0 radical (unpaired) electrons. The number of aryl methyl sites for hydroxylation is 3. The Kier molecular flexibility index (Phi) is 4.81. The van der Waals surface area contributed by atoms with Crippen molar-refractivity contribution in [3.05, 3.63) is 63.1 Å². The van der Waals surface area contributed by atoms with Crippen molar-refractivity contribution in [3.63, 3.8) is 0 Å². The van der Waals surface area contributed by atoms with E-state index in [1.165, 1.54) is 4.68 Å². The molecule has 0 aliphatic heterocycles. The molecule has 27 heavy (non-hydrogen) atoms. The number of fused-ring (bicyclic) bond motifs is 1. The van der Waals surface area contributed by atoms with E-state index in [1.54, 1.807) is 51.2 Å². The molecule has 0 saturated heterocycles. The van der Waals surface area contributed by atoms with Crippen LogP contribution in [0.5, 0.6) is 0 Å². The molecule has 2 heterocycles. The molecule has 0 fully saturated rings. The van der Waals surface area contributed by atoms with E-state index in [0.717, 1.165) is 0 Å². The first-order valence-electron chi connectivity index (χ1n) is 8.41. The van der Waals surface area contributed by atoms with Crippen molar-refractivity contribution in [1.29, 1.82) is 0 Å². The first kappa shape index (κ1) is 18.4. The standard InChI is InChI=1S/C19H20N4O4/c1-10-13(11(2)20-17-15(10)18(25)22-23(17)3)9-14(24)21-16(19(26)27)12-7-5-4-6-8-12/h4-8,16H,9H2,1-3H3,(H,21,24)(H,22,25)(H,26,27)/t16-/m0/s1. The van der Waals surface area contributed by atoms with Crippen LogP contribution in [0.4, 0.5) is 0 Å². The van der Waals surface area contributed by atoms with Crippen LogP contribution in [0.2, 0.25) is 0 Å². The molecular weight excluding hydrogens is 348 g/mol. The number of rotatable bonds is 5. The first-order valence-corrected chi connectivity index (χ1v) is 8.41. The summed E-state index contributed by atoms with van der Waals surface area (Å²) in [7, 11) is 1.69. The predicted octanol–water partition coefficient (Wildman–Crippen LogP) is 1.36. The van der Waals surface area contributed by atoms with Crippen LogP contribution >= 0.6 is 0 Å². The number of carbonyl (C=O) groups excluding carboxylic acids is 1. The summed E-state index contributed by atoms with van der Waals surface area (Å²) in [6.45, 7) is 3.53. The molecule has 3 aromatic rings. The summed E-state index contributed by atoms with van der Waals surface area (Å²) < 4.78 is 1.54. The summed E-state index contributed by atoms with van der Waals surface area (Å²) in [5.74, 6) is -1.60. The van der Waals surface area contributed by atoms with Crippen LogP contribution in [0.1, 0.15) is 28.4 Å². The molecule has 2 aromatic heterocycles. The van der Waals surface area contributed by atoms with Gasteiger partial charge < -0.3 is 10.4 Å². The van der Waals surface area contributed by atoms with Crippen LogP contribution < -0.4 is 10.9 Å². The van der Waals surface area contributed by atoms with Crippen LogP contribution in [0.25, 0.3) is 11.0 Å². The molecule has 8 heteroatoms.